The molecule has 0 bridgehead atoms. The van der Waals surface area contributed by atoms with Crippen LogP contribution in [0.2, 0.25) is 0 Å². The number of hydrogen-bond donors (Lipinski definition) is 1. The Morgan fingerprint density at radius 1 is 1.00 bits per heavy atom. The van der Waals surface area contributed by atoms with Gasteiger partial charge in [-0.1, -0.05) is 18.2 Å². The van der Waals surface area contributed by atoms with Gasteiger partial charge in [0.15, 0.2) is 5.69 Å². The second kappa shape index (κ2) is 7.86. The van der Waals surface area contributed by atoms with E-state index in [1.807, 2.05) is 42.5 Å². The van der Waals surface area contributed by atoms with E-state index in [-0.39, 0.29) is 5.91 Å². The van der Waals surface area contributed by atoms with E-state index in [0.29, 0.717) is 5.69 Å². The first kappa shape index (κ1) is 18.3. The molecule has 0 aliphatic carbocycles. The van der Waals surface area contributed by atoms with E-state index in [0.717, 1.165) is 43.1 Å². The standard InChI is InChI=1S/C22H25N5O/c1-17-16-18(8-9-21(17)26-14-12-25(2)13-15-26)23-22(28)20-10-11-27(24-20)19-6-4-3-5-7-19/h3-11,16H,12-15H2,1-2H3,(H,23,28). The third-order valence-electron chi connectivity index (χ3n) is 5.14. The van der Waals surface area contributed by atoms with Gasteiger partial charge in [-0.2, -0.15) is 5.10 Å². The zero-order valence-corrected chi connectivity index (χ0v) is 16.3. The van der Waals surface area contributed by atoms with Gasteiger partial charge in [0.2, 0.25) is 0 Å². The number of aromatic nitrogens is 2. The number of anilines is 2. The van der Waals surface area contributed by atoms with Crippen LogP contribution in [0.5, 0.6) is 0 Å². The predicted octanol–water partition coefficient (Wildman–Crippen LogP) is 3.18. The van der Waals surface area contributed by atoms with Crippen molar-refractivity contribution in [3.63, 3.8) is 0 Å². The summed E-state index contributed by atoms with van der Waals surface area (Å²) < 4.78 is 1.70. The Kier molecular flexibility index (Phi) is 5.12. The first-order valence-corrected chi connectivity index (χ1v) is 9.57. The molecule has 144 valence electrons. The van der Waals surface area contributed by atoms with Crippen LogP contribution in [0.3, 0.4) is 0 Å². The monoisotopic (exact) mass is 375 g/mol. The Labute approximate surface area is 165 Å². The lowest BCUT2D eigenvalue weighted by Crippen LogP contribution is -2.44. The third-order valence-corrected chi connectivity index (χ3v) is 5.14. The molecule has 1 aliphatic heterocycles. The first-order chi connectivity index (χ1) is 13.6. The van der Waals surface area contributed by atoms with Crippen LogP contribution in [0.15, 0.2) is 60.8 Å². The maximum absolute atomic E-state index is 12.6. The van der Waals surface area contributed by atoms with Gasteiger partial charge in [-0.25, -0.2) is 4.68 Å². The average molecular weight is 375 g/mol. The van der Waals surface area contributed by atoms with Gasteiger partial charge in [0, 0.05) is 43.8 Å². The van der Waals surface area contributed by atoms with Gasteiger partial charge in [0.05, 0.1) is 5.69 Å². The highest BCUT2D eigenvalue weighted by molar-refractivity contribution is 6.03. The minimum Gasteiger partial charge on any atom is -0.369 e. The number of carbonyl (C=O) groups is 1. The van der Waals surface area contributed by atoms with E-state index in [4.69, 9.17) is 0 Å². The average Bonchev–Trinajstić information content (AvgIpc) is 3.20. The number of piperazine rings is 1. The highest BCUT2D eigenvalue weighted by atomic mass is 16.1. The quantitative estimate of drug-likeness (QED) is 0.761. The smallest absolute Gasteiger partial charge is 0.276 e. The lowest BCUT2D eigenvalue weighted by atomic mass is 10.1. The lowest BCUT2D eigenvalue weighted by Gasteiger charge is -2.35. The van der Waals surface area contributed by atoms with Crippen molar-refractivity contribution >= 4 is 17.3 Å². The minimum absolute atomic E-state index is 0.207. The second-order valence-corrected chi connectivity index (χ2v) is 7.23. The van der Waals surface area contributed by atoms with Gasteiger partial charge < -0.3 is 15.1 Å². The van der Waals surface area contributed by atoms with Gasteiger partial charge in [-0.3, -0.25) is 4.79 Å². The molecule has 2 heterocycles. The number of likely N-dealkylation sites (N-methyl/N-ethyl adjacent to an activating group) is 1. The summed E-state index contributed by atoms with van der Waals surface area (Å²) in [5.41, 5.74) is 4.50. The Balaban J connectivity index is 1.45. The molecule has 3 aromatic rings. The molecule has 0 radical (unpaired) electrons. The fraction of sp³-hybridized carbons (Fsp3) is 0.273. The number of benzene rings is 2. The molecule has 0 saturated carbocycles. The number of rotatable bonds is 4. The number of amides is 1. The first-order valence-electron chi connectivity index (χ1n) is 9.57. The Bertz CT molecular complexity index is 958. The van der Waals surface area contributed by atoms with Crippen LogP contribution in [-0.4, -0.2) is 53.8 Å². The van der Waals surface area contributed by atoms with Crippen LogP contribution in [0, 0.1) is 6.92 Å². The van der Waals surface area contributed by atoms with Gasteiger partial charge >= 0.3 is 0 Å². The normalized spacial score (nSPS) is 14.9. The van der Waals surface area contributed by atoms with E-state index in [1.165, 1.54) is 5.69 Å². The van der Waals surface area contributed by atoms with Crippen molar-refractivity contribution in [3.8, 4) is 5.69 Å². The zero-order valence-electron chi connectivity index (χ0n) is 16.3. The van der Waals surface area contributed by atoms with E-state index in [9.17, 15) is 4.79 Å². The largest absolute Gasteiger partial charge is 0.369 e. The topological polar surface area (TPSA) is 53.4 Å². The SMILES string of the molecule is Cc1cc(NC(=O)c2ccn(-c3ccccc3)n2)ccc1N1CCN(C)CC1. The van der Waals surface area contributed by atoms with Crippen molar-refractivity contribution in [1.29, 1.82) is 0 Å². The molecule has 4 rings (SSSR count). The van der Waals surface area contributed by atoms with Crippen LogP contribution in [0.25, 0.3) is 5.69 Å². The summed E-state index contributed by atoms with van der Waals surface area (Å²) in [6.45, 7) is 6.29. The third kappa shape index (κ3) is 3.92. The molecular weight excluding hydrogens is 350 g/mol. The Morgan fingerprint density at radius 2 is 1.75 bits per heavy atom. The molecule has 6 heteroatoms. The van der Waals surface area contributed by atoms with Crippen molar-refractivity contribution in [2.24, 2.45) is 0 Å². The molecule has 1 aliphatic rings. The number of aryl methyl sites for hydroxylation is 1. The fourth-order valence-electron chi connectivity index (χ4n) is 3.50. The highest BCUT2D eigenvalue weighted by Gasteiger charge is 2.17. The van der Waals surface area contributed by atoms with Crippen molar-refractivity contribution < 1.29 is 4.79 Å². The van der Waals surface area contributed by atoms with Gasteiger partial charge in [0.1, 0.15) is 0 Å². The fourth-order valence-corrected chi connectivity index (χ4v) is 3.50. The summed E-state index contributed by atoms with van der Waals surface area (Å²) in [5.74, 6) is -0.207. The molecule has 1 saturated heterocycles. The van der Waals surface area contributed by atoms with Crippen molar-refractivity contribution in [3.05, 3.63) is 72.1 Å². The molecule has 0 spiro atoms. The highest BCUT2D eigenvalue weighted by Crippen LogP contribution is 2.25. The van der Waals surface area contributed by atoms with Crippen LogP contribution in [0.4, 0.5) is 11.4 Å². The number of para-hydroxylation sites is 1. The summed E-state index contributed by atoms with van der Waals surface area (Å²) in [6.07, 6.45) is 1.80. The van der Waals surface area contributed by atoms with Gasteiger partial charge in [0.25, 0.3) is 5.91 Å². The van der Waals surface area contributed by atoms with Crippen molar-refractivity contribution in [2.75, 3.05) is 43.4 Å². The number of hydrogen-bond acceptors (Lipinski definition) is 4. The molecule has 0 atom stereocenters. The Morgan fingerprint density at radius 3 is 2.46 bits per heavy atom. The number of carbonyl (C=O) groups excluding carboxylic acids is 1. The van der Waals surface area contributed by atoms with Crippen molar-refractivity contribution in [2.45, 2.75) is 6.92 Å². The summed E-state index contributed by atoms with van der Waals surface area (Å²) in [4.78, 5) is 17.3. The number of nitrogens with one attached hydrogen (secondary N) is 1. The maximum atomic E-state index is 12.6. The summed E-state index contributed by atoms with van der Waals surface area (Å²) in [7, 11) is 2.15. The molecule has 28 heavy (non-hydrogen) atoms. The lowest BCUT2D eigenvalue weighted by molar-refractivity contribution is 0.102. The van der Waals surface area contributed by atoms with Crippen LogP contribution < -0.4 is 10.2 Å². The Hall–Kier alpha value is -3.12. The van der Waals surface area contributed by atoms with Gasteiger partial charge in [-0.15, -0.1) is 0 Å². The van der Waals surface area contributed by atoms with E-state index >= 15 is 0 Å². The summed E-state index contributed by atoms with van der Waals surface area (Å²) >= 11 is 0. The van der Waals surface area contributed by atoms with E-state index < -0.39 is 0 Å². The molecule has 0 unspecified atom stereocenters. The zero-order chi connectivity index (χ0) is 19.5. The molecule has 2 aromatic carbocycles. The predicted molar refractivity (Wildman–Crippen MR) is 112 cm³/mol. The van der Waals surface area contributed by atoms with Crippen molar-refractivity contribution in [1.82, 2.24) is 14.7 Å². The molecule has 1 fully saturated rings. The number of nitrogens with zero attached hydrogens (tertiary/aromatic N) is 4. The summed E-state index contributed by atoms with van der Waals surface area (Å²) in [5, 5.41) is 7.35. The van der Waals surface area contributed by atoms with Gasteiger partial charge in [-0.05, 0) is 55.9 Å². The maximum Gasteiger partial charge on any atom is 0.276 e. The van der Waals surface area contributed by atoms with E-state index in [2.05, 4.69) is 40.3 Å². The van der Waals surface area contributed by atoms with E-state index in [1.54, 1.807) is 16.9 Å². The molecule has 1 amide bonds. The molecular formula is C22H25N5O. The van der Waals surface area contributed by atoms with Crippen LogP contribution in [-0.2, 0) is 0 Å². The molecule has 1 aromatic heterocycles. The molecule has 6 nitrogen and oxygen atoms in total. The second-order valence-electron chi connectivity index (χ2n) is 7.23. The van der Waals surface area contributed by atoms with Crippen LogP contribution >= 0.6 is 0 Å². The summed E-state index contributed by atoms with van der Waals surface area (Å²) in [6, 6.07) is 17.6. The minimum atomic E-state index is -0.207. The molecule has 1 N–H and O–H groups in total. The van der Waals surface area contributed by atoms with Crippen LogP contribution in [0.1, 0.15) is 16.1 Å².